The second kappa shape index (κ2) is 13.5. The molecule has 8 heteroatoms. The molecule has 0 aliphatic heterocycles. The lowest BCUT2D eigenvalue weighted by atomic mass is 10.1. The van der Waals surface area contributed by atoms with Crippen molar-refractivity contribution in [3.63, 3.8) is 0 Å². The van der Waals surface area contributed by atoms with Crippen molar-refractivity contribution >= 4 is 35.8 Å². The van der Waals surface area contributed by atoms with Gasteiger partial charge in [0.2, 0.25) is 11.8 Å². The van der Waals surface area contributed by atoms with Crippen LogP contribution in [0.2, 0.25) is 0 Å². The van der Waals surface area contributed by atoms with E-state index >= 15 is 0 Å². The SMILES string of the molecule is CCNC(=NCc1coc(-c2ccc(C)cc2)n1)NCCC(=O)NCc1ccccc1.I. The number of halogens is 1. The molecule has 7 nitrogen and oxygen atoms in total. The minimum atomic E-state index is -0.00792. The zero-order valence-electron chi connectivity index (χ0n) is 18.4. The van der Waals surface area contributed by atoms with Gasteiger partial charge in [-0.3, -0.25) is 4.79 Å². The van der Waals surface area contributed by atoms with Crippen molar-refractivity contribution < 1.29 is 9.21 Å². The molecule has 0 fully saturated rings. The van der Waals surface area contributed by atoms with Gasteiger partial charge in [-0.2, -0.15) is 0 Å². The molecule has 0 aliphatic rings. The number of aromatic nitrogens is 1. The zero-order chi connectivity index (χ0) is 21.9. The standard InChI is InChI=1S/C24H29N5O2.HI/c1-3-25-24(26-14-13-22(30)27-15-19-7-5-4-6-8-19)28-16-21-17-31-23(29-21)20-11-9-18(2)10-12-20;/h4-12,17H,3,13-16H2,1-2H3,(H,27,30)(H2,25,26,28);1H. The summed E-state index contributed by atoms with van der Waals surface area (Å²) in [5.41, 5.74) is 3.95. The number of benzene rings is 2. The van der Waals surface area contributed by atoms with Crippen LogP contribution in [-0.2, 0) is 17.9 Å². The number of rotatable bonds is 9. The second-order valence-electron chi connectivity index (χ2n) is 7.14. The average molecular weight is 547 g/mol. The summed E-state index contributed by atoms with van der Waals surface area (Å²) in [6, 6.07) is 17.9. The Bertz CT molecular complexity index is 987. The van der Waals surface area contributed by atoms with E-state index in [1.807, 2.05) is 68.4 Å². The van der Waals surface area contributed by atoms with Crippen LogP contribution >= 0.6 is 24.0 Å². The second-order valence-corrected chi connectivity index (χ2v) is 7.14. The highest BCUT2D eigenvalue weighted by molar-refractivity contribution is 14.0. The maximum atomic E-state index is 12.1. The van der Waals surface area contributed by atoms with Crippen LogP contribution in [0, 0.1) is 6.92 Å². The van der Waals surface area contributed by atoms with E-state index in [-0.39, 0.29) is 29.9 Å². The predicted octanol–water partition coefficient (Wildman–Crippen LogP) is 4.03. The molecule has 1 aromatic heterocycles. The van der Waals surface area contributed by atoms with Crippen molar-refractivity contribution in [3.8, 4) is 11.5 Å². The van der Waals surface area contributed by atoms with E-state index in [0.29, 0.717) is 37.9 Å². The van der Waals surface area contributed by atoms with E-state index < -0.39 is 0 Å². The molecule has 170 valence electrons. The molecule has 32 heavy (non-hydrogen) atoms. The molecular weight excluding hydrogens is 517 g/mol. The number of nitrogens with zero attached hydrogens (tertiary/aromatic N) is 2. The number of carbonyl (C=O) groups is 1. The fourth-order valence-corrected chi connectivity index (χ4v) is 2.89. The molecule has 3 N–H and O–H groups in total. The van der Waals surface area contributed by atoms with Crippen LogP contribution in [0.15, 0.2) is 70.3 Å². The van der Waals surface area contributed by atoms with Crippen molar-refractivity contribution in [2.24, 2.45) is 4.99 Å². The number of carbonyl (C=O) groups excluding carboxylic acids is 1. The first-order valence-corrected chi connectivity index (χ1v) is 10.5. The van der Waals surface area contributed by atoms with E-state index in [9.17, 15) is 4.79 Å². The summed E-state index contributed by atoms with van der Waals surface area (Å²) >= 11 is 0. The lowest BCUT2D eigenvalue weighted by Gasteiger charge is -2.11. The molecule has 0 spiro atoms. The van der Waals surface area contributed by atoms with Crippen molar-refractivity contribution in [1.82, 2.24) is 20.9 Å². The maximum Gasteiger partial charge on any atom is 0.226 e. The van der Waals surface area contributed by atoms with Crippen molar-refractivity contribution in [3.05, 3.63) is 77.7 Å². The molecule has 0 saturated heterocycles. The van der Waals surface area contributed by atoms with E-state index in [0.717, 1.165) is 23.4 Å². The molecule has 1 amide bonds. The Morgan fingerprint density at radius 3 is 2.50 bits per heavy atom. The van der Waals surface area contributed by atoms with Gasteiger partial charge in [-0.15, -0.1) is 24.0 Å². The van der Waals surface area contributed by atoms with E-state index in [4.69, 9.17) is 4.42 Å². The summed E-state index contributed by atoms with van der Waals surface area (Å²) < 4.78 is 5.58. The van der Waals surface area contributed by atoms with Gasteiger partial charge < -0.3 is 20.4 Å². The Labute approximate surface area is 206 Å². The highest BCUT2D eigenvalue weighted by Crippen LogP contribution is 2.19. The maximum absolute atomic E-state index is 12.1. The number of hydrogen-bond donors (Lipinski definition) is 3. The third kappa shape index (κ3) is 8.33. The molecule has 0 aliphatic carbocycles. The van der Waals surface area contributed by atoms with Gasteiger partial charge in [-0.25, -0.2) is 9.98 Å². The third-order valence-corrected chi connectivity index (χ3v) is 4.57. The highest BCUT2D eigenvalue weighted by atomic mass is 127. The number of nitrogens with one attached hydrogen (secondary N) is 3. The average Bonchev–Trinajstić information content (AvgIpc) is 3.26. The number of guanidine groups is 1. The molecular formula is C24H30IN5O2. The Hall–Kier alpha value is -2.88. The lowest BCUT2D eigenvalue weighted by molar-refractivity contribution is -0.121. The minimum absolute atomic E-state index is 0. The molecule has 0 radical (unpaired) electrons. The van der Waals surface area contributed by atoms with Crippen LogP contribution in [0.1, 0.15) is 30.2 Å². The summed E-state index contributed by atoms with van der Waals surface area (Å²) in [5.74, 6) is 1.21. The van der Waals surface area contributed by atoms with Crippen molar-refractivity contribution in [1.29, 1.82) is 0 Å². The first-order chi connectivity index (χ1) is 15.1. The molecule has 0 bridgehead atoms. The van der Waals surface area contributed by atoms with Gasteiger partial charge in [0.1, 0.15) is 12.0 Å². The summed E-state index contributed by atoms with van der Waals surface area (Å²) in [4.78, 5) is 21.1. The Morgan fingerprint density at radius 1 is 1.03 bits per heavy atom. The van der Waals surface area contributed by atoms with Gasteiger partial charge in [-0.05, 0) is 31.5 Å². The van der Waals surface area contributed by atoms with Gasteiger partial charge in [-0.1, -0.05) is 48.0 Å². The van der Waals surface area contributed by atoms with Gasteiger partial charge >= 0.3 is 0 Å². The van der Waals surface area contributed by atoms with Crippen LogP contribution < -0.4 is 16.0 Å². The van der Waals surface area contributed by atoms with Gasteiger partial charge in [0.15, 0.2) is 5.96 Å². The minimum Gasteiger partial charge on any atom is -0.444 e. The predicted molar refractivity (Wildman–Crippen MR) is 138 cm³/mol. The van der Waals surface area contributed by atoms with Crippen LogP contribution in [-0.4, -0.2) is 29.9 Å². The molecule has 1 heterocycles. The molecule has 0 unspecified atom stereocenters. The number of aliphatic imine (C=N–C) groups is 1. The zero-order valence-corrected chi connectivity index (χ0v) is 20.8. The summed E-state index contributed by atoms with van der Waals surface area (Å²) in [6.45, 7) is 6.16. The normalized spacial score (nSPS) is 10.9. The van der Waals surface area contributed by atoms with Crippen molar-refractivity contribution in [2.45, 2.75) is 33.4 Å². The first-order valence-electron chi connectivity index (χ1n) is 10.5. The molecule has 3 aromatic rings. The van der Waals surface area contributed by atoms with Crippen LogP contribution in [0.4, 0.5) is 0 Å². The Balaban J connectivity index is 0.00000363. The number of aryl methyl sites for hydroxylation is 1. The van der Waals surface area contributed by atoms with Gasteiger partial charge in [0.25, 0.3) is 0 Å². The van der Waals surface area contributed by atoms with Crippen LogP contribution in [0.5, 0.6) is 0 Å². The molecule has 0 saturated carbocycles. The molecule has 0 atom stereocenters. The Kier molecular flexibility index (Phi) is 10.7. The van der Waals surface area contributed by atoms with E-state index in [1.165, 1.54) is 5.56 Å². The summed E-state index contributed by atoms with van der Waals surface area (Å²) in [6.07, 6.45) is 1.98. The van der Waals surface area contributed by atoms with Gasteiger partial charge in [0.05, 0.1) is 6.54 Å². The molecule has 2 aromatic carbocycles. The van der Waals surface area contributed by atoms with Crippen LogP contribution in [0.3, 0.4) is 0 Å². The smallest absolute Gasteiger partial charge is 0.226 e. The quantitative estimate of drug-likeness (QED) is 0.214. The largest absolute Gasteiger partial charge is 0.444 e. The number of hydrogen-bond acceptors (Lipinski definition) is 4. The topological polar surface area (TPSA) is 91.6 Å². The van der Waals surface area contributed by atoms with Crippen LogP contribution in [0.25, 0.3) is 11.5 Å². The third-order valence-electron chi connectivity index (χ3n) is 4.57. The lowest BCUT2D eigenvalue weighted by Crippen LogP contribution is -2.39. The van der Waals surface area contributed by atoms with E-state index in [2.05, 4.69) is 25.9 Å². The molecule has 3 rings (SSSR count). The fraction of sp³-hybridized carbons (Fsp3) is 0.292. The van der Waals surface area contributed by atoms with E-state index in [1.54, 1.807) is 6.26 Å². The Morgan fingerprint density at radius 2 is 1.78 bits per heavy atom. The number of oxazole rings is 1. The van der Waals surface area contributed by atoms with Gasteiger partial charge in [0, 0.05) is 31.6 Å². The monoisotopic (exact) mass is 547 g/mol. The van der Waals surface area contributed by atoms with Crippen molar-refractivity contribution in [2.75, 3.05) is 13.1 Å². The highest BCUT2D eigenvalue weighted by Gasteiger charge is 2.07. The fourth-order valence-electron chi connectivity index (χ4n) is 2.89. The summed E-state index contributed by atoms with van der Waals surface area (Å²) in [5, 5.41) is 9.29. The number of amides is 1. The summed E-state index contributed by atoms with van der Waals surface area (Å²) in [7, 11) is 0. The first kappa shape index (κ1) is 25.4.